The van der Waals surface area contributed by atoms with Crippen LogP contribution in [0.2, 0.25) is 0 Å². The van der Waals surface area contributed by atoms with Crippen LogP contribution in [0.25, 0.3) is 32.3 Å². The van der Waals surface area contributed by atoms with Crippen LogP contribution in [0.5, 0.6) is 69.0 Å². The maximum absolute atomic E-state index is 14.4. The summed E-state index contributed by atoms with van der Waals surface area (Å²) in [6.07, 6.45) is 9.40. The van der Waals surface area contributed by atoms with Crippen LogP contribution in [-0.4, -0.2) is 75.5 Å². The van der Waals surface area contributed by atoms with Gasteiger partial charge in [0.05, 0.1) is 33.4 Å². The summed E-state index contributed by atoms with van der Waals surface area (Å²) in [6.45, 7) is 23.3. The van der Waals surface area contributed by atoms with Gasteiger partial charge in [0.1, 0.15) is 74.1 Å². The molecule has 0 fully saturated rings. The minimum Gasteiger partial charge on any atom is -0.490 e. The van der Waals surface area contributed by atoms with E-state index in [4.69, 9.17) is 56.8 Å². The highest BCUT2D eigenvalue weighted by molar-refractivity contribution is 6.27. The van der Waals surface area contributed by atoms with Crippen LogP contribution < -0.4 is 56.8 Å². The molecule has 0 bridgehead atoms. The second-order valence-electron chi connectivity index (χ2n) is 20.6. The number of fused-ring (bicyclic) bond motifs is 6. The van der Waals surface area contributed by atoms with Gasteiger partial charge >= 0.3 is 35.8 Å². The molecule has 18 heteroatoms. The SMILES string of the molecule is C=CCOc1ccc(C(=O)Oc2cc3c4cc(OC(=O)c5ccc(OCC=C)cc5)c(OC(=O)c5ccc(OCC=C)cc5)cc4c4cc(OC(=O)c5ccc(OCC=C)cc5)c(OC(=O)c5ccc(OCC=C)cc5)cc4c3cc2OC(=O)c2ccc(OCC=C)cc2)cc1. The standard InChI is InChI=1S/C78H60O18/c1-7-37-85-55-25-13-49(14-26-55)73(79)91-67-43-61-62(44-68(67)92-74(80)50-15-27-56(28-16-50)86-38-8-2)64-46-70(94-76(82)52-19-31-58(32-20-52)88-40-10-4)72(96-78(84)54-23-35-60(36-24-54)90-42-12-6)48-66(64)65-47-71(95-77(83)53-21-33-59(34-22-53)89-41-11-5)69(45-63(61)65)93-75(81)51-17-29-57(30-18-51)87-39-9-3/h7-36,43-48H,1-6,37-42H2. The van der Waals surface area contributed by atoms with Gasteiger partial charge in [-0.2, -0.15) is 0 Å². The number of carbonyl (C=O) groups is 6. The number of carbonyl (C=O) groups excluding carboxylic acids is 6. The molecule has 480 valence electrons. The molecule has 0 radical (unpaired) electrons. The second kappa shape index (κ2) is 31.4. The van der Waals surface area contributed by atoms with E-state index < -0.39 is 35.8 Å². The Labute approximate surface area is 551 Å². The number of esters is 6. The number of ether oxygens (including phenoxy) is 12. The topological polar surface area (TPSA) is 213 Å². The molecule has 0 aromatic heterocycles. The van der Waals surface area contributed by atoms with Crippen LogP contribution in [0.1, 0.15) is 62.1 Å². The van der Waals surface area contributed by atoms with Crippen LogP contribution in [0.15, 0.2) is 258 Å². The first kappa shape index (κ1) is 66.0. The molecular formula is C78H60O18. The lowest BCUT2D eigenvalue weighted by atomic mass is 9.93. The predicted octanol–water partition coefficient (Wildman–Crippen LogP) is 15.9. The maximum Gasteiger partial charge on any atom is 0.343 e. The lowest BCUT2D eigenvalue weighted by Gasteiger charge is -2.19. The summed E-state index contributed by atoms with van der Waals surface area (Å²) < 4.78 is 71.2. The smallest absolute Gasteiger partial charge is 0.343 e. The summed E-state index contributed by atoms with van der Waals surface area (Å²) in [5.41, 5.74) is 0.423. The highest BCUT2D eigenvalue weighted by atomic mass is 16.6. The van der Waals surface area contributed by atoms with Crippen molar-refractivity contribution in [2.45, 2.75) is 0 Å². The van der Waals surface area contributed by atoms with Crippen LogP contribution in [0, 0.1) is 0 Å². The summed E-state index contributed by atoms with van der Waals surface area (Å²) in [5.74, 6) is -4.42. The summed E-state index contributed by atoms with van der Waals surface area (Å²) in [5, 5.41) is 1.34. The fourth-order valence-corrected chi connectivity index (χ4v) is 9.50. The summed E-state index contributed by atoms with van der Waals surface area (Å²) >= 11 is 0. The minimum atomic E-state index is -0.888. The molecule has 0 N–H and O–H groups in total. The Balaban J connectivity index is 1.23. The van der Waals surface area contributed by atoms with Gasteiger partial charge in [0.15, 0.2) is 34.5 Å². The van der Waals surface area contributed by atoms with Crippen LogP contribution >= 0.6 is 0 Å². The molecule has 0 unspecified atom stereocenters. The van der Waals surface area contributed by atoms with Gasteiger partial charge < -0.3 is 56.8 Å². The van der Waals surface area contributed by atoms with Crippen LogP contribution in [0.4, 0.5) is 0 Å². The molecular weight excluding hydrogens is 1220 g/mol. The molecule has 0 amide bonds. The van der Waals surface area contributed by atoms with Crippen LogP contribution in [-0.2, 0) is 0 Å². The Morgan fingerprint density at radius 3 is 0.458 bits per heavy atom. The van der Waals surface area contributed by atoms with Crippen molar-refractivity contribution in [1.29, 1.82) is 0 Å². The molecule has 0 saturated heterocycles. The van der Waals surface area contributed by atoms with E-state index in [1.165, 1.54) is 109 Å². The highest BCUT2D eigenvalue weighted by Crippen LogP contribution is 2.48. The Hall–Kier alpha value is -13.0. The fraction of sp³-hybridized carbons (Fsp3) is 0.0769. The third-order valence-corrected chi connectivity index (χ3v) is 14.1. The van der Waals surface area contributed by atoms with Gasteiger partial charge in [-0.15, -0.1) is 0 Å². The van der Waals surface area contributed by atoms with E-state index in [0.29, 0.717) is 34.5 Å². The molecule has 0 atom stereocenters. The van der Waals surface area contributed by atoms with Crippen LogP contribution in [0.3, 0.4) is 0 Å². The molecule has 18 nitrogen and oxygen atoms in total. The number of benzene rings is 10. The van der Waals surface area contributed by atoms with E-state index in [9.17, 15) is 28.8 Å². The van der Waals surface area contributed by atoms with Crippen molar-refractivity contribution in [1.82, 2.24) is 0 Å². The van der Waals surface area contributed by atoms with Gasteiger partial charge in [0, 0.05) is 0 Å². The lowest BCUT2D eigenvalue weighted by Crippen LogP contribution is -2.14. The highest BCUT2D eigenvalue weighted by Gasteiger charge is 2.27. The molecule has 0 spiro atoms. The van der Waals surface area contributed by atoms with Crippen molar-refractivity contribution < 1.29 is 85.6 Å². The van der Waals surface area contributed by atoms with Crippen molar-refractivity contribution in [3.8, 4) is 69.0 Å². The zero-order valence-corrected chi connectivity index (χ0v) is 51.6. The molecule has 0 saturated carbocycles. The molecule has 96 heavy (non-hydrogen) atoms. The second-order valence-corrected chi connectivity index (χ2v) is 20.6. The van der Waals surface area contributed by atoms with E-state index in [1.54, 1.807) is 109 Å². The van der Waals surface area contributed by atoms with E-state index in [-0.39, 0.29) is 140 Å². The van der Waals surface area contributed by atoms with Gasteiger partial charge in [-0.3, -0.25) is 0 Å². The largest absolute Gasteiger partial charge is 0.490 e. The quantitative estimate of drug-likeness (QED) is 0.0177. The van der Waals surface area contributed by atoms with Gasteiger partial charge in [-0.1, -0.05) is 75.9 Å². The third-order valence-electron chi connectivity index (χ3n) is 14.1. The van der Waals surface area contributed by atoms with Gasteiger partial charge in [0.25, 0.3) is 0 Å². The summed E-state index contributed by atoms with van der Waals surface area (Å²) in [4.78, 5) is 86.6. The van der Waals surface area contributed by atoms with Crippen molar-refractivity contribution in [2.24, 2.45) is 0 Å². The predicted molar refractivity (Wildman–Crippen MR) is 362 cm³/mol. The minimum absolute atomic E-state index is 0.0705. The van der Waals surface area contributed by atoms with Gasteiger partial charge in [-0.05, 0) is 214 Å². The first-order valence-corrected chi connectivity index (χ1v) is 29.7. The zero-order chi connectivity index (χ0) is 67.5. The average molecular weight is 1290 g/mol. The Morgan fingerprint density at radius 1 is 0.219 bits per heavy atom. The average Bonchev–Trinajstić information content (AvgIpc) is 0.726. The zero-order valence-electron chi connectivity index (χ0n) is 51.6. The fourth-order valence-electron chi connectivity index (χ4n) is 9.50. The molecule has 0 heterocycles. The Bertz CT molecular complexity index is 3820. The molecule has 10 rings (SSSR count). The van der Waals surface area contributed by atoms with Crippen molar-refractivity contribution >= 4 is 68.1 Å². The van der Waals surface area contributed by atoms with Gasteiger partial charge in [0.2, 0.25) is 0 Å². The van der Waals surface area contributed by atoms with E-state index in [2.05, 4.69) is 39.5 Å². The Kier molecular flexibility index (Phi) is 21.6. The van der Waals surface area contributed by atoms with Crippen molar-refractivity contribution in [2.75, 3.05) is 39.6 Å². The molecule has 10 aromatic rings. The third kappa shape index (κ3) is 16.2. The molecule has 0 aliphatic rings. The maximum atomic E-state index is 14.4. The number of rotatable bonds is 30. The number of hydrogen-bond donors (Lipinski definition) is 0. The molecule has 10 aromatic carbocycles. The van der Waals surface area contributed by atoms with Crippen molar-refractivity contribution in [3.05, 3.63) is 291 Å². The van der Waals surface area contributed by atoms with Crippen molar-refractivity contribution in [3.63, 3.8) is 0 Å². The van der Waals surface area contributed by atoms with E-state index in [1.807, 2.05) is 0 Å². The normalized spacial score (nSPS) is 10.6. The molecule has 0 aliphatic carbocycles. The number of hydrogen-bond acceptors (Lipinski definition) is 18. The Morgan fingerprint density at radius 2 is 0.344 bits per heavy atom. The first-order valence-electron chi connectivity index (χ1n) is 29.7. The first-order chi connectivity index (χ1) is 46.8. The van der Waals surface area contributed by atoms with Gasteiger partial charge in [-0.25, -0.2) is 28.8 Å². The lowest BCUT2D eigenvalue weighted by molar-refractivity contribution is 0.0682. The summed E-state index contributed by atoms with van der Waals surface area (Å²) in [7, 11) is 0. The molecule has 0 aliphatic heterocycles. The summed E-state index contributed by atoms with van der Waals surface area (Å²) in [6, 6.07) is 45.1. The van der Waals surface area contributed by atoms with E-state index in [0.717, 1.165) is 0 Å². The monoisotopic (exact) mass is 1280 g/mol. The van der Waals surface area contributed by atoms with E-state index >= 15 is 0 Å².